The Morgan fingerprint density at radius 2 is 2.21 bits per heavy atom. The molecule has 3 N–H and O–H groups in total. The average molecular weight is 259 g/mol. The van der Waals surface area contributed by atoms with Crippen molar-refractivity contribution in [3.8, 4) is 0 Å². The maximum absolute atomic E-state index is 11.4. The van der Waals surface area contributed by atoms with Gasteiger partial charge in [-0.05, 0) is 36.9 Å². The van der Waals surface area contributed by atoms with Crippen LogP contribution in [0.25, 0.3) is 0 Å². The van der Waals surface area contributed by atoms with Crippen molar-refractivity contribution in [2.45, 2.75) is 25.4 Å². The average Bonchev–Trinajstić information content (AvgIpc) is 2.81. The van der Waals surface area contributed by atoms with Crippen LogP contribution >= 0.6 is 0 Å². The Kier molecular flexibility index (Phi) is 3.53. The summed E-state index contributed by atoms with van der Waals surface area (Å²) in [5, 5.41) is 3.60. The zero-order valence-electron chi connectivity index (χ0n) is 11.1. The number of carbonyl (C=O) groups is 1. The molecule has 0 radical (unpaired) electrons. The Labute approximate surface area is 114 Å². The molecule has 1 aromatic carbocycles. The molecule has 2 atom stereocenters. The maximum atomic E-state index is 11.4. The largest absolute Gasteiger partial charge is 0.366 e. The van der Waals surface area contributed by atoms with Crippen LogP contribution in [0.1, 0.15) is 28.8 Å². The summed E-state index contributed by atoms with van der Waals surface area (Å²) in [7, 11) is 0. The number of benzene rings is 1. The second kappa shape index (κ2) is 5.31. The lowest BCUT2D eigenvalue weighted by molar-refractivity contribution is 0.0998. The fourth-order valence-electron chi connectivity index (χ4n) is 3.40. The molecular formula is C15H21N3O. The number of rotatable bonds is 3. The molecule has 0 saturated carbocycles. The molecule has 0 spiro atoms. The molecular weight excluding hydrogens is 238 g/mol. The Morgan fingerprint density at radius 3 is 3.00 bits per heavy atom. The number of hydrogen-bond acceptors (Lipinski definition) is 3. The molecule has 19 heavy (non-hydrogen) atoms. The molecule has 102 valence electrons. The van der Waals surface area contributed by atoms with Gasteiger partial charge in [-0.15, -0.1) is 0 Å². The molecule has 2 fully saturated rings. The molecule has 2 saturated heterocycles. The fraction of sp³-hybridized carbons (Fsp3) is 0.533. The van der Waals surface area contributed by atoms with Crippen LogP contribution < -0.4 is 11.1 Å². The smallest absolute Gasteiger partial charge is 0.249 e. The lowest BCUT2D eigenvalue weighted by atomic mass is 9.94. The van der Waals surface area contributed by atoms with Gasteiger partial charge in [0.2, 0.25) is 5.91 Å². The summed E-state index contributed by atoms with van der Waals surface area (Å²) in [6.07, 6.45) is 2.61. The molecule has 4 heteroatoms. The molecule has 1 aromatic rings. The standard InChI is InChI=1S/C15H21N3O/c16-15(19)13-6-2-1-4-11(13)8-18-9-12-5-3-7-17-14(12)10-18/h1-2,4,6,12,14,17H,3,5,7-10H2,(H2,16,19). The summed E-state index contributed by atoms with van der Waals surface area (Å²) in [5.41, 5.74) is 7.14. The van der Waals surface area contributed by atoms with E-state index in [2.05, 4.69) is 10.2 Å². The van der Waals surface area contributed by atoms with E-state index < -0.39 is 0 Å². The highest BCUT2D eigenvalue weighted by Crippen LogP contribution is 2.26. The maximum Gasteiger partial charge on any atom is 0.249 e. The monoisotopic (exact) mass is 259 g/mol. The van der Waals surface area contributed by atoms with E-state index in [4.69, 9.17) is 5.73 Å². The minimum atomic E-state index is -0.328. The third kappa shape index (κ3) is 2.65. The molecule has 0 aliphatic carbocycles. The summed E-state index contributed by atoms with van der Waals surface area (Å²) < 4.78 is 0. The molecule has 2 unspecified atom stereocenters. The number of likely N-dealkylation sites (tertiary alicyclic amines) is 1. The predicted octanol–water partition coefficient (Wildman–Crippen LogP) is 0.969. The van der Waals surface area contributed by atoms with Crippen molar-refractivity contribution < 1.29 is 4.79 Å². The van der Waals surface area contributed by atoms with Gasteiger partial charge in [-0.25, -0.2) is 0 Å². The Bertz CT molecular complexity index is 460. The van der Waals surface area contributed by atoms with Crippen LogP contribution in [0.3, 0.4) is 0 Å². The Morgan fingerprint density at radius 1 is 1.37 bits per heavy atom. The summed E-state index contributed by atoms with van der Waals surface area (Å²) in [5.74, 6) is 0.444. The van der Waals surface area contributed by atoms with E-state index in [0.717, 1.165) is 37.7 Å². The van der Waals surface area contributed by atoms with Gasteiger partial charge in [-0.1, -0.05) is 18.2 Å². The third-order valence-corrected chi connectivity index (χ3v) is 4.35. The minimum absolute atomic E-state index is 0.328. The zero-order chi connectivity index (χ0) is 13.2. The van der Waals surface area contributed by atoms with Gasteiger partial charge in [0.05, 0.1) is 0 Å². The van der Waals surface area contributed by atoms with Crippen LogP contribution in [-0.2, 0) is 6.54 Å². The highest BCUT2D eigenvalue weighted by atomic mass is 16.1. The summed E-state index contributed by atoms with van der Waals surface area (Å²) >= 11 is 0. The second-order valence-electron chi connectivity index (χ2n) is 5.68. The van der Waals surface area contributed by atoms with Gasteiger partial charge in [0.15, 0.2) is 0 Å². The molecule has 3 rings (SSSR count). The quantitative estimate of drug-likeness (QED) is 0.850. The first-order valence-corrected chi connectivity index (χ1v) is 7.07. The topological polar surface area (TPSA) is 58.4 Å². The van der Waals surface area contributed by atoms with E-state index in [1.807, 2.05) is 24.3 Å². The molecule has 2 aliphatic heterocycles. The lowest BCUT2D eigenvalue weighted by Gasteiger charge is -2.24. The number of piperidine rings is 1. The van der Waals surface area contributed by atoms with Crippen LogP contribution in [0.5, 0.6) is 0 Å². The van der Waals surface area contributed by atoms with Crippen LogP contribution in [-0.4, -0.2) is 36.5 Å². The van der Waals surface area contributed by atoms with Crippen molar-refractivity contribution in [1.82, 2.24) is 10.2 Å². The van der Waals surface area contributed by atoms with Gasteiger partial charge in [0.1, 0.15) is 0 Å². The Hall–Kier alpha value is -1.39. The first kappa shape index (κ1) is 12.6. The van der Waals surface area contributed by atoms with E-state index in [1.165, 1.54) is 12.8 Å². The van der Waals surface area contributed by atoms with E-state index >= 15 is 0 Å². The number of nitrogens with one attached hydrogen (secondary N) is 1. The van der Waals surface area contributed by atoms with E-state index in [1.54, 1.807) is 0 Å². The summed E-state index contributed by atoms with van der Waals surface area (Å²) in [4.78, 5) is 13.9. The van der Waals surface area contributed by atoms with Gasteiger partial charge >= 0.3 is 0 Å². The van der Waals surface area contributed by atoms with Crippen molar-refractivity contribution in [1.29, 1.82) is 0 Å². The zero-order valence-corrected chi connectivity index (χ0v) is 11.1. The predicted molar refractivity (Wildman–Crippen MR) is 74.8 cm³/mol. The molecule has 1 amide bonds. The van der Waals surface area contributed by atoms with Crippen molar-refractivity contribution in [3.63, 3.8) is 0 Å². The lowest BCUT2D eigenvalue weighted by Crippen LogP contribution is -2.40. The van der Waals surface area contributed by atoms with Crippen molar-refractivity contribution in [2.24, 2.45) is 11.7 Å². The third-order valence-electron chi connectivity index (χ3n) is 4.35. The number of fused-ring (bicyclic) bond motifs is 1. The van der Waals surface area contributed by atoms with E-state index in [0.29, 0.717) is 11.6 Å². The van der Waals surface area contributed by atoms with Gasteiger partial charge < -0.3 is 11.1 Å². The number of nitrogens with two attached hydrogens (primary N) is 1. The van der Waals surface area contributed by atoms with Crippen LogP contribution in [0, 0.1) is 5.92 Å². The summed E-state index contributed by atoms with van der Waals surface area (Å²) in [6.45, 7) is 4.18. The van der Waals surface area contributed by atoms with E-state index in [-0.39, 0.29) is 5.91 Å². The first-order valence-electron chi connectivity index (χ1n) is 7.07. The minimum Gasteiger partial charge on any atom is -0.366 e. The molecule has 0 aromatic heterocycles. The number of carbonyl (C=O) groups excluding carboxylic acids is 1. The van der Waals surface area contributed by atoms with Gasteiger partial charge in [0.25, 0.3) is 0 Å². The second-order valence-corrected chi connectivity index (χ2v) is 5.68. The van der Waals surface area contributed by atoms with Crippen molar-refractivity contribution in [2.75, 3.05) is 19.6 Å². The Balaban J connectivity index is 1.71. The van der Waals surface area contributed by atoms with Crippen LogP contribution in [0.15, 0.2) is 24.3 Å². The van der Waals surface area contributed by atoms with Crippen molar-refractivity contribution >= 4 is 5.91 Å². The molecule has 2 aliphatic rings. The van der Waals surface area contributed by atoms with Gasteiger partial charge in [-0.3, -0.25) is 9.69 Å². The molecule has 0 bridgehead atoms. The molecule has 2 heterocycles. The normalized spacial score (nSPS) is 27.2. The number of amides is 1. The van der Waals surface area contributed by atoms with Gasteiger partial charge in [-0.2, -0.15) is 0 Å². The van der Waals surface area contributed by atoms with Crippen LogP contribution in [0.2, 0.25) is 0 Å². The first-order chi connectivity index (χ1) is 9.24. The number of primary amides is 1. The number of nitrogens with zero attached hydrogens (tertiary/aromatic N) is 1. The highest BCUT2D eigenvalue weighted by molar-refractivity contribution is 5.94. The van der Waals surface area contributed by atoms with Crippen LogP contribution in [0.4, 0.5) is 0 Å². The summed E-state index contributed by atoms with van der Waals surface area (Å²) in [6, 6.07) is 8.31. The highest BCUT2D eigenvalue weighted by Gasteiger charge is 2.34. The molecule has 4 nitrogen and oxygen atoms in total. The SMILES string of the molecule is NC(=O)c1ccccc1CN1CC2CCCNC2C1. The fourth-order valence-corrected chi connectivity index (χ4v) is 3.40. The number of hydrogen-bond donors (Lipinski definition) is 2. The van der Waals surface area contributed by atoms with Crippen molar-refractivity contribution in [3.05, 3.63) is 35.4 Å². The van der Waals surface area contributed by atoms with E-state index in [9.17, 15) is 4.79 Å². The van der Waals surface area contributed by atoms with Gasteiger partial charge in [0, 0.05) is 31.2 Å².